The van der Waals surface area contributed by atoms with Crippen molar-refractivity contribution in [2.45, 2.75) is 5.54 Å². The molecular weight excluding hydrogens is 488 g/mol. The fourth-order valence-corrected chi connectivity index (χ4v) is 4.47. The topological polar surface area (TPSA) is 151 Å². The Morgan fingerprint density at radius 2 is 1.69 bits per heavy atom. The first kappa shape index (κ1) is 21.7. The number of benzene rings is 1. The number of carbonyl (C=O) groups excluding carboxylic acids is 3. The third-order valence-corrected chi connectivity index (χ3v) is 6.23. The van der Waals surface area contributed by atoms with Gasteiger partial charge in [-0.15, -0.1) is 0 Å². The van der Waals surface area contributed by atoms with Gasteiger partial charge in [-0.1, -0.05) is 28.1 Å². The molecule has 1 unspecified atom stereocenters. The van der Waals surface area contributed by atoms with Gasteiger partial charge in [0.15, 0.2) is 5.54 Å². The van der Waals surface area contributed by atoms with E-state index in [-0.39, 0.29) is 16.9 Å². The predicted molar refractivity (Wildman–Crippen MR) is 115 cm³/mol. The highest BCUT2D eigenvalue weighted by atomic mass is 79.9. The maximum Gasteiger partial charge on any atom is 0.332 e. The van der Waals surface area contributed by atoms with E-state index in [9.17, 15) is 34.2 Å². The maximum absolute atomic E-state index is 13.4. The zero-order valence-electron chi connectivity index (χ0n) is 16.9. The molecule has 1 saturated heterocycles. The zero-order chi connectivity index (χ0) is 23.5. The molecule has 1 atom stereocenters. The SMILES string of the molecule is Cn1c2c(c(=O)n(C)c1=O)C1(C(=O)N2)/C(=C(\O)c2ccc(Br)cc2)C(=O)C(=O)N1CCO. The third kappa shape index (κ3) is 2.59. The molecule has 0 saturated carbocycles. The summed E-state index contributed by atoms with van der Waals surface area (Å²) in [6.45, 7) is -1.09. The summed E-state index contributed by atoms with van der Waals surface area (Å²) >= 11 is 3.26. The summed E-state index contributed by atoms with van der Waals surface area (Å²) < 4.78 is 2.42. The normalized spacial score (nSPS) is 21.4. The number of carbonyl (C=O) groups is 3. The number of rotatable bonds is 3. The van der Waals surface area contributed by atoms with Crippen LogP contribution in [-0.4, -0.2) is 55.0 Å². The van der Waals surface area contributed by atoms with Gasteiger partial charge in [-0.25, -0.2) is 4.79 Å². The number of ketones is 1. The summed E-state index contributed by atoms with van der Waals surface area (Å²) in [6, 6.07) is 6.08. The van der Waals surface area contributed by atoms with Gasteiger partial charge in [0.25, 0.3) is 23.2 Å². The number of hydrogen-bond acceptors (Lipinski definition) is 7. The van der Waals surface area contributed by atoms with Crippen LogP contribution in [-0.2, 0) is 34.0 Å². The largest absolute Gasteiger partial charge is 0.507 e. The maximum atomic E-state index is 13.4. The standard InChI is InChI=1S/C20H17BrN4O7/c1-23-15-12(16(29)24(2)19(23)32)20(18(31)22-15)11(14(28)17(30)25(20)7-8-26)13(27)9-3-5-10(21)6-4-9/h3-6,26-27H,7-8H2,1-2H3,(H,22,31)/b13-11-. The molecular formula is C20H17BrN4O7. The van der Waals surface area contributed by atoms with Crippen LogP contribution in [0.4, 0.5) is 5.82 Å². The van der Waals surface area contributed by atoms with Crippen LogP contribution < -0.4 is 16.6 Å². The minimum Gasteiger partial charge on any atom is -0.507 e. The number of fused-ring (bicyclic) bond motifs is 2. The van der Waals surface area contributed by atoms with Gasteiger partial charge in [-0.05, 0) is 12.1 Å². The van der Waals surface area contributed by atoms with Crippen molar-refractivity contribution in [3.05, 3.63) is 66.3 Å². The van der Waals surface area contributed by atoms with Crippen molar-refractivity contribution in [1.82, 2.24) is 14.0 Å². The first-order valence-electron chi connectivity index (χ1n) is 9.37. The highest BCUT2D eigenvalue weighted by molar-refractivity contribution is 9.10. The van der Waals surface area contributed by atoms with Gasteiger partial charge in [0, 0.05) is 30.7 Å². The van der Waals surface area contributed by atoms with Crippen molar-refractivity contribution in [2.75, 3.05) is 18.5 Å². The quantitative estimate of drug-likeness (QED) is 0.286. The Hall–Kier alpha value is -3.51. The highest BCUT2D eigenvalue weighted by Gasteiger charge is 2.67. The Kier molecular flexibility index (Phi) is 4.94. The number of Topliss-reactive ketones (excluding diaryl/α,β-unsaturated/α-hetero) is 1. The minimum atomic E-state index is -2.36. The van der Waals surface area contributed by atoms with Gasteiger partial charge in [-0.3, -0.25) is 28.3 Å². The second-order valence-electron chi connectivity index (χ2n) is 7.33. The Bertz CT molecular complexity index is 1360. The molecule has 3 N–H and O–H groups in total. The van der Waals surface area contributed by atoms with Gasteiger partial charge < -0.3 is 20.4 Å². The fraction of sp³-hybridized carbons (Fsp3) is 0.250. The molecule has 12 heteroatoms. The highest BCUT2D eigenvalue weighted by Crippen LogP contribution is 2.49. The molecule has 0 radical (unpaired) electrons. The van der Waals surface area contributed by atoms with Crippen molar-refractivity contribution in [1.29, 1.82) is 0 Å². The lowest BCUT2D eigenvalue weighted by atomic mass is 9.82. The third-order valence-electron chi connectivity index (χ3n) is 5.70. The molecule has 2 aliphatic rings. The molecule has 0 aliphatic carbocycles. The van der Waals surface area contributed by atoms with E-state index in [0.717, 1.165) is 14.0 Å². The van der Waals surface area contributed by atoms with E-state index in [0.29, 0.717) is 4.47 Å². The number of β-amino-alcohol motifs (C(OH)–C–C–N with tert-alkyl or cyclic N) is 1. The smallest absolute Gasteiger partial charge is 0.332 e. The first-order valence-corrected chi connectivity index (χ1v) is 10.2. The van der Waals surface area contributed by atoms with Gasteiger partial charge in [-0.2, -0.15) is 0 Å². The van der Waals surface area contributed by atoms with Crippen molar-refractivity contribution in [3.8, 4) is 0 Å². The molecule has 166 valence electrons. The Morgan fingerprint density at radius 1 is 1.06 bits per heavy atom. The monoisotopic (exact) mass is 504 g/mol. The van der Waals surface area contributed by atoms with Crippen molar-refractivity contribution >= 4 is 45.1 Å². The molecule has 1 aromatic carbocycles. The zero-order valence-corrected chi connectivity index (χ0v) is 18.5. The number of likely N-dealkylation sites (tertiary alicyclic amines) is 1. The van der Waals surface area contributed by atoms with Crippen LogP contribution in [0.1, 0.15) is 11.1 Å². The Morgan fingerprint density at radius 3 is 2.28 bits per heavy atom. The number of aliphatic hydroxyl groups excluding tert-OH is 2. The van der Waals surface area contributed by atoms with Crippen LogP contribution in [0, 0.1) is 0 Å². The van der Waals surface area contributed by atoms with Gasteiger partial charge in [0.05, 0.1) is 17.7 Å². The van der Waals surface area contributed by atoms with Gasteiger partial charge in [0.2, 0.25) is 0 Å². The fourth-order valence-electron chi connectivity index (χ4n) is 4.21. The molecule has 2 aliphatic heterocycles. The van der Waals surface area contributed by atoms with Crippen molar-refractivity contribution in [3.63, 3.8) is 0 Å². The second-order valence-corrected chi connectivity index (χ2v) is 8.25. The molecule has 11 nitrogen and oxygen atoms in total. The molecule has 4 rings (SSSR count). The van der Waals surface area contributed by atoms with Crippen LogP contribution in [0.2, 0.25) is 0 Å². The average molecular weight is 505 g/mol. The lowest BCUT2D eigenvalue weighted by molar-refractivity contribution is -0.143. The van der Waals surface area contributed by atoms with E-state index >= 15 is 0 Å². The molecule has 0 bridgehead atoms. The van der Waals surface area contributed by atoms with Crippen LogP contribution in [0.25, 0.3) is 5.76 Å². The van der Waals surface area contributed by atoms with E-state index in [4.69, 9.17) is 0 Å². The molecule has 1 fully saturated rings. The number of halogens is 1. The molecule has 1 spiro atoms. The summed E-state index contributed by atoms with van der Waals surface area (Å²) in [5.74, 6) is -4.21. The van der Waals surface area contributed by atoms with E-state index < -0.39 is 58.9 Å². The van der Waals surface area contributed by atoms with Gasteiger partial charge in [0.1, 0.15) is 11.6 Å². The lowest BCUT2D eigenvalue weighted by Gasteiger charge is -2.32. The molecule has 1 aromatic heterocycles. The van der Waals surface area contributed by atoms with Crippen LogP contribution in [0.15, 0.2) is 43.9 Å². The number of amides is 2. The number of aliphatic hydroxyl groups is 2. The molecule has 3 heterocycles. The lowest BCUT2D eigenvalue weighted by Crippen LogP contribution is -2.53. The van der Waals surface area contributed by atoms with E-state index in [1.54, 1.807) is 12.1 Å². The molecule has 2 amide bonds. The minimum absolute atomic E-state index is 0.123. The molecule has 32 heavy (non-hydrogen) atoms. The summed E-state index contributed by atoms with van der Waals surface area (Å²) in [5.41, 5.74) is -4.88. The van der Waals surface area contributed by atoms with Crippen molar-refractivity contribution in [2.24, 2.45) is 14.1 Å². The number of hydrogen-bond donors (Lipinski definition) is 3. The summed E-state index contributed by atoms with van der Waals surface area (Å²) in [5, 5.41) is 23.0. The Labute approximate surface area is 188 Å². The molecule has 2 aromatic rings. The van der Waals surface area contributed by atoms with Crippen molar-refractivity contribution < 1.29 is 24.6 Å². The van der Waals surface area contributed by atoms with Crippen LogP contribution in [0.3, 0.4) is 0 Å². The number of nitrogens with zero attached hydrogens (tertiary/aromatic N) is 3. The summed E-state index contributed by atoms with van der Waals surface area (Å²) in [7, 11) is 2.50. The Balaban J connectivity index is 2.18. The van der Waals surface area contributed by atoms with E-state index in [1.807, 2.05) is 0 Å². The van der Waals surface area contributed by atoms with E-state index in [2.05, 4.69) is 21.2 Å². The summed E-state index contributed by atoms with van der Waals surface area (Å²) in [6.07, 6.45) is 0. The number of aromatic nitrogens is 2. The predicted octanol–water partition coefficient (Wildman–Crippen LogP) is -0.633. The summed E-state index contributed by atoms with van der Waals surface area (Å²) in [4.78, 5) is 65.7. The van der Waals surface area contributed by atoms with Crippen LogP contribution in [0.5, 0.6) is 0 Å². The van der Waals surface area contributed by atoms with Gasteiger partial charge >= 0.3 is 5.69 Å². The number of nitrogens with one attached hydrogen (secondary N) is 1. The first-order chi connectivity index (χ1) is 15.1. The van der Waals surface area contributed by atoms with Crippen LogP contribution >= 0.6 is 15.9 Å². The van der Waals surface area contributed by atoms with E-state index in [1.165, 1.54) is 26.2 Å². The number of anilines is 1. The second kappa shape index (κ2) is 7.28. The average Bonchev–Trinajstić information content (AvgIpc) is 3.18.